The van der Waals surface area contributed by atoms with Crippen LogP contribution in [-0.4, -0.2) is 14.8 Å². The van der Waals surface area contributed by atoms with Crippen LogP contribution in [0.15, 0.2) is 24.5 Å². The molecule has 0 atom stereocenters. The van der Waals surface area contributed by atoms with Crippen molar-refractivity contribution in [2.75, 3.05) is 0 Å². The van der Waals surface area contributed by atoms with Crippen molar-refractivity contribution >= 4 is 0 Å². The van der Waals surface area contributed by atoms with Crippen molar-refractivity contribution in [3.8, 4) is 11.8 Å². The minimum absolute atomic E-state index is 0. The Morgan fingerprint density at radius 2 is 2.12 bits per heavy atom. The van der Waals surface area contributed by atoms with Crippen LogP contribution in [-0.2, 0) is 39.8 Å². The number of rotatable bonds is 3. The number of hydrogen-bond donors (Lipinski definition) is 0. The van der Waals surface area contributed by atoms with E-state index >= 15 is 0 Å². The molecule has 17 heavy (non-hydrogen) atoms. The average molecular weight is 305 g/mol. The van der Waals surface area contributed by atoms with Gasteiger partial charge in [-0.15, -0.1) is 16.7 Å². The van der Waals surface area contributed by atoms with Crippen LogP contribution in [0.1, 0.15) is 25.3 Å². The van der Waals surface area contributed by atoms with Gasteiger partial charge in [0.15, 0.2) is 0 Å². The van der Waals surface area contributed by atoms with Crippen molar-refractivity contribution in [3.63, 3.8) is 0 Å². The van der Waals surface area contributed by atoms with Crippen LogP contribution in [0.3, 0.4) is 0 Å². The summed E-state index contributed by atoms with van der Waals surface area (Å²) in [5, 5.41) is 4.10. The van der Waals surface area contributed by atoms with Gasteiger partial charge in [0.05, 0.1) is 0 Å². The molecule has 0 unspecified atom stereocenters. The van der Waals surface area contributed by atoms with Crippen LogP contribution in [0.25, 0.3) is 0 Å². The van der Waals surface area contributed by atoms with Crippen LogP contribution in [0.4, 0.5) is 0 Å². The summed E-state index contributed by atoms with van der Waals surface area (Å²) >= 11 is 0. The SMILES string of the molecule is CC(C)c1[c-]cc(Oc2ccn(C)n2)nc1.[Y]. The number of pyridine rings is 1. The summed E-state index contributed by atoms with van der Waals surface area (Å²) in [5.41, 5.74) is 1.08. The first kappa shape index (κ1) is 14.3. The fraction of sp³-hybridized carbons (Fsp3) is 0.333. The average Bonchev–Trinajstić information content (AvgIpc) is 2.65. The molecule has 2 heterocycles. The monoisotopic (exact) mass is 305 g/mol. The van der Waals surface area contributed by atoms with E-state index in [4.69, 9.17) is 4.74 Å². The van der Waals surface area contributed by atoms with Gasteiger partial charge in [0.25, 0.3) is 0 Å². The molecule has 2 rings (SSSR count). The second-order valence-corrected chi connectivity index (χ2v) is 3.92. The van der Waals surface area contributed by atoms with Gasteiger partial charge < -0.3 is 9.72 Å². The Morgan fingerprint density at radius 1 is 1.35 bits per heavy atom. The minimum atomic E-state index is 0. The van der Waals surface area contributed by atoms with Crippen LogP contribution in [0.5, 0.6) is 11.8 Å². The number of hydrogen-bond acceptors (Lipinski definition) is 3. The molecule has 0 aliphatic carbocycles. The van der Waals surface area contributed by atoms with E-state index in [2.05, 4.69) is 30.0 Å². The van der Waals surface area contributed by atoms with E-state index < -0.39 is 0 Å². The molecule has 0 saturated carbocycles. The fourth-order valence-corrected chi connectivity index (χ4v) is 1.28. The molecule has 4 nitrogen and oxygen atoms in total. The Balaban J connectivity index is 0.00000144. The molecule has 0 aliphatic rings. The maximum Gasteiger partial charge on any atom is 0.227 e. The van der Waals surface area contributed by atoms with Gasteiger partial charge in [-0.25, -0.2) is 0 Å². The predicted octanol–water partition coefficient (Wildman–Crippen LogP) is 2.53. The molecule has 1 radical (unpaired) electrons. The maximum atomic E-state index is 5.46. The maximum absolute atomic E-state index is 5.46. The zero-order valence-corrected chi connectivity index (χ0v) is 13.1. The van der Waals surface area contributed by atoms with E-state index in [0.29, 0.717) is 17.7 Å². The molecule has 0 aromatic carbocycles. The summed E-state index contributed by atoms with van der Waals surface area (Å²) in [4.78, 5) is 4.20. The van der Waals surface area contributed by atoms with E-state index in [1.165, 1.54) is 0 Å². The molecule has 0 amide bonds. The van der Waals surface area contributed by atoms with Crippen molar-refractivity contribution in [1.82, 2.24) is 14.8 Å². The van der Waals surface area contributed by atoms with E-state index in [1.807, 2.05) is 13.2 Å². The first-order valence-corrected chi connectivity index (χ1v) is 5.20. The molecule has 87 valence electrons. The largest absolute Gasteiger partial charge is 0.483 e. The van der Waals surface area contributed by atoms with Gasteiger partial charge in [-0.3, -0.25) is 4.68 Å². The smallest absolute Gasteiger partial charge is 0.227 e. The first-order chi connectivity index (χ1) is 7.65. The second kappa shape index (κ2) is 6.27. The number of ether oxygens (including phenoxy) is 1. The molecule has 2 aromatic rings. The van der Waals surface area contributed by atoms with Gasteiger partial charge in [-0.05, 0) is 5.92 Å². The molecule has 2 aromatic heterocycles. The summed E-state index contributed by atoms with van der Waals surface area (Å²) in [7, 11) is 1.84. The third-order valence-electron chi connectivity index (χ3n) is 2.21. The van der Waals surface area contributed by atoms with E-state index in [1.54, 1.807) is 23.0 Å². The Bertz CT molecular complexity index is 465. The molecule has 0 aliphatic heterocycles. The summed E-state index contributed by atoms with van der Waals surface area (Å²) < 4.78 is 7.14. The minimum Gasteiger partial charge on any atom is -0.483 e. The second-order valence-electron chi connectivity index (χ2n) is 3.92. The summed E-state index contributed by atoms with van der Waals surface area (Å²) in [6.07, 6.45) is 3.60. The Hall–Kier alpha value is -0.736. The van der Waals surface area contributed by atoms with Crippen molar-refractivity contribution in [3.05, 3.63) is 36.2 Å². The summed E-state index contributed by atoms with van der Waals surface area (Å²) in [5.74, 6) is 1.49. The van der Waals surface area contributed by atoms with E-state index in [0.717, 1.165) is 5.56 Å². The standard InChI is InChI=1S/C12H14N3O.Y/c1-9(2)10-4-5-11(13-8-10)16-12-6-7-15(3)14-12;/h5-9H,1-3H3;/q-1;. The van der Waals surface area contributed by atoms with Crippen LogP contribution in [0, 0.1) is 6.07 Å². The number of nitrogens with zero attached hydrogens (tertiary/aromatic N) is 3. The van der Waals surface area contributed by atoms with Crippen LogP contribution >= 0.6 is 0 Å². The van der Waals surface area contributed by atoms with Gasteiger partial charge >= 0.3 is 0 Å². The Kier molecular flexibility index (Phi) is 5.28. The normalized spacial score (nSPS) is 10.1. The first-order valence-electron chi connectivity index (χ1n) is 5.20. The van der Waals surface area contributed by atoms with Crippen molar-refractivity contribution in [1.29, 1.82) is 0 Å². The molecule has 5 heteroatoms. The van der Waals surface area contributed by atoms with E-state index in [-0.39, 0.29) is 32.7 Å². The molecule has 0 fully saturated rings. The Morgan fingerprint density at radius 3 is 2.59 bits per heavy atom. The number of aromatic nitrogens is 3. The van der Waals surface area contributed by atoms with Gasteiger partial charge in [-0.2, -0.15) is 6.07 Å². The summed E-state index contributed by atoms with van der Waals surface area (Å²) in [6.45, 7) is 4.21. The topological polar surface area (TPSA) is 39.9 Å². The van der Waals surface area contributed by atoms with Gasteiger partial charge in [0, 0.05) is 52.0 Å². The zero-order valence-electron chi connectivity index (χ0n) is 10.2. The molecule has 0 bridgehead atoms. The quantitative estimate of drug-likeness (QED) is 0.818. The van der Waals surface area contributed by atoms with Crippen molar-refractivity contribution < 1.29 is 37.4 Å². The van der Waals surface area contributed by atoms with Gasteiger partial charge in [0.2, 0.25) is 5.88 Å². The van der Waals surface area contributed by atoms with Crippen molar-refractivity contribution in [2.24, 2.45) is 7.05 Å². The van der Waals surface area contributed by atoms with Gasteiger partial charge in [-0.1, -0.05) is 20.0 Å². The third-order valence-corrected chi connectivity index (χ3v) is 2.21. The fourth-order valence-electron chi connectivity index (χ4n) is 1.28. The summed E-state index contributed by atoms with van der Waals surface area (Å²) in [6, 6.07) is 6.67. The molecule has 0 saturated heterocycles. The zero-order chi connectivity index (χ0) is 11.5. The molecular weight excluding hydrogens is 291 g/mol. The third kappa shape index (κ3) is 3.89. The molecular formula is C12H14N3OY-. The van der Waals surface area contributed by atoms with Crippen LogP contribution < -0.4 is 4.74 Å². The molecule has 0 spiro atoms. The number of aryl methyl sites for hydroxylation is 1. The van der Waals surface area contributed by atoms with E-state index in [9.17, 15) is 0 Å². The van der Waals surface area contributed by atoms with Crippen molar-refractivity contribution in [2.45, 2.75) is 19.8 Å². The predicted molar refractivity (Wildman–Crippen MR) is 60.4 cm³/mol. The van der Waals surface area contributed by atoms with Gasteiger partial charge in [0.1, 0.15) is 5.88 Å². The molecule has 0 N–H and O–H groups in total. The Labute approximate surface area is 126 Å². The van der Waals surface area contributed by atoms with Crippen LogP contribution in [0.2, 0.25) is 0 Å².